The van der Waals surface area contributed by atoms with Crippen molar-refractivity contribution in [1.29, 1.82) is 0 Å². The van der Waals surface area contributed by atoms with Crippen molar-refractivity contribution in [3.8, 4) is 0 Å². The van der Waals surface area contributed by atoms with Gasteiger partial charge in [-0.1, -0.05) is 30.3 Å². The number of aryl methyl sites for hydroxylation is 1. The van der Waals surface area contributed by atoms with Crippen molar-refractivity contribution in [1.82, 2.24) is 10.6 Å². The van der Waals surface area contributed by atoms with Crippen LogP contribution in [0.5, 0.6) is 0 Å². The Labute approximate surface area is 138 Å². The van der Waals surface area contributed by atoms with Crippen LogP contribution in [0.15, 0.2) is 51.9 Å². The summed E-state index contributed by atoms with van der Waals surface area (Å²) >= 11 is 0. The van der Waals surface area contributed by atoms with Crippen LogP contribution in [0.2, 0.25) is 0 Å². The molecule has 1 aliphatic rings. The molecule has 0 aliphatic heterocycles. The second-order valence-corrected chi connectivity index (χ2v) is 6.28. The number of nitrogens with one attached hydrogen (secondary N) is 2. The van der Waals surface area contributed by atoms with E-state index in [0.717, 1.165) is 24.0 Å². The molecule has 1 saturated carbocycles. The zero-order valence-electron chi connectivity index (χ0n) is 14.0. The summed E-state index contributed by atoms with van der Waals surface area (Å²) in [6.45, 7) is 4.98. The molecule has 0 amide bonds. The lowest BCUT2D eigenvalue weighted by atomic mass is 10.1. The van der Waals surface area contributed by atoms with E-state index < -0.39 is 0 Å². The lowest BCUT2D eigenvalue weighted by Gasteiger charge is -2.16. The molecule has 3 unspecified atom stereocenters. The van der Waals surface area contributed by atoms with Crippen LogP contribution in [0.4, 0.5) is 0 Å². The lowest BCUT2D eigenvalue weighted by molar-refractivity contribution is 0.441. The van der Waals surface area contributed by atoms with E-state index in [1.54, 1.807) is 7.05 Å². The van der Waals surface area contributed by atoms with Gasteiger partial charge in [0.25, 0.3) is 0 Å². The van der Waals surface area contributed by atoms with Crippen molar-refractivity contribution >= 4 is 5.96 Å². The van der Waals surface area contributed by atoms with Crippen molar-refractivity contribution in [2.45, 2.75) is 32.2 Å². The smallest absolute Gasteiger partial charge is 0.191 e. The van der Waals surface area contributed by atoms with Gasteiger partial charge in [0.05, 0.1) is 6.04 Å². The largest absolute Gasteiger partial charge is 0.464 e. The summed E-state index contributed by atoms with van der Waals surface area (Å²) in [4.78, 5) is 4.31. The van der Waals surface area contributed by atoms with Crippen LogP contribution in [-0.2, 0) is 0 Å². The van der Waals surface area contributed by atoms with Gasteiger partial charge in [0.1, 0.15) is 11.5 Å². The third kappa shape index (κ3) is 3.95. The monoisotopic (exact) mass is 311 g/mol. The van der Waals surface area contributed by atoms with Crippen LogP contribution in [0.3, 0.4) is 0 Å². The van der Waals surface area contributed by atoms with Crippen LogP contribution in [0, 0.1) is 12.8 Å². The third-order valence-corrected chi connectivity index (χ3v) is 4.45. The summed E-state index contributed by atoms with van der Waals surface area (Å²) in [7, 11) is 1.80. The lowest BCUT2D eigenvalue weighted by Crippen LogP contribution is -2.39. The second kappa shape index (κ2) is 6.90. The molecule has 0 radical (unpaired) electrons. The van der Waals surface area contributed by atoms with Crippen molar-refractivity contribution < 1.29 is 4.42 Å². The molecule has 1 aromatic heterocycles. The molecule has 2 aromatic rings. The van der Waals surface area contributed by atoms with Crippen molar-refractivity contribution in [2.75, 3.05) is 13.6 Å². The normalized spacial score (nSPS) is 21.8. The van der Waals surface area contributed by atoms with Crippen LogP contribution < -0.4 is 10.6 Å². The molecule has 4 nitrogen and oxygen atoms in total. The van der Waals surface area contributed by atoms with E-state index in [4.69, 9.17) is 4.42 Å². The Kier molecular flexibility index (Phi) is 4.70. The summed E-state index contributed by atoms with van der Waals surface area (Å²) in [6.07, 6.45) is 1.25. The number of furan rings is 1. The molecule has 2 N–H and O–H groups in total. The van der Waals surface area contributed by atoms with Gasteiger partial charge < -0.3 is 15.1 Å². The third-order valence-electron chi connectivity index (χ3n) is 4.45. The fourth-order valence-electron chi connectivity index (χ4n) is 2.97. The highest BCUT2D eigenvalue weighted by Gasteiger charge is 2.37. The van der Waals surface area contributed by atoms with Gasteiger partial charge in [-0.15, -0.1) is 0 Å². The Morgan fingerprint density at radius 1 is 1.26 bits per heavy atom. The Morgan fingerprint density at radius 3 is 2.70 bits per heavy atom. The predicted molar refractivity (Wildman–Crippen MR) is 93.6 cm³/mol. The number of guanidine groups is 1. The zero-order chi connectivity index (χ0) is 16.2. The van der Waals surface area contributed by atoms with Gasteiger partial charge in [-0.3, -0.25) is 4.99 Å². The molecule has 1 heterocycles. The van der Waals surface area contributed by atoms with E-state index in [0.29, 0.717) is 11.8 Å². The van der Waals surface area contributed by atoms with Gasteiger partial charge in [-0.25, -0.2) is 0 Å². The Balaban J connectivity index is 1.48. The van der Waals surface area contributed by atoms with E-state index in [-0.39, 0.29) is 6.04 Å². The molecule has 1 aliphatic carbocycles. The molecule has 4 heteroatoms. The number of rotatable bonds is 5. The Bertz CT molecular complexity index is 662. The van der Waals surface area contributed by atoms with E-state index in [2.05, 4.69) is 52.9 Å². The Hall–Kier alpha value is -2.23. The SMILES string of the molecule is CN=C(NCC1CC1c1ccccc1)NC(C)c1ccc(C)o1. The molecule has 1 fully saturated rings. The molecule has 0 bridgehead atoms. The van der Waals surface area contributed by atoms with E-state index in [1.165, 1.54) is 12.0 Å². The van der Waals surface area contributed by atoms with Crippen LogP contribution in [0.25, 0.3) is 0 Å². The maximum atomic E-state index is 5.66. The number of hydrogen-bond donors (Lipinski definition) is 2. The van der Waals surface area contributed by atoms with Gasteiger partial charge in [0, 0.05) is 13.6 Å². The average Bonchev–Trinajstić information content (AvgIpc) is 3.23. The van der Waals surface area contributed by atoms with Crippen molar-refractivity contribution in [3.63, 3.8) is 0 Å². The van der Waals surface area contributed by atoms with Gasteiger partial charge >= 0.3 is 0 Å². The first-order chi connectivity index (χ1) is 11.2. The summed E-state index contributed by atoms with van der Waals surface area (Å²) < 4.78 is 5.66. The topological polar surface area (TPSA) is 49.6 Å². The van der Waals surface area contributed by atoms with Gasteiger partial charge in [0.15, 0.2) is 5.96 Å². The van der Waals surface area contributed by atoms with Gasteiger partial charge in [-0.2, -0.15) is 0 Å². The van der Waals surface area contributed by atoms with Gasteiger partial charge in [0.2, 0.25) is 0 Å². The fourth-order valence-corrected chi connectivity index (χ4v) is 2.97. The maximum Gasteiger partial charge on any atom is 0.191 e. The molecular weight excluding hydrogens is 286 g/mol. The zero-order valence-corrected chi connectivity index (χ0v) is 14.0. The molecule has 1 aromatic carbocycles. The second-order valence-electron chi connectivity index (χ2n) is 6.28. The Morgan fingerprint density at radius 2 is 2.04 bits per heavy atom. The van der Waals surface area contributed by atoms with Crippen LogP contribution in [-0.4, -0.2) is 19.6 Å². The maximum absolute atomic E-state index is 5.66. The molecule has 122 valence electrons. The number of aliphatic imine (C=N–C) groups is 1. The molecule has 0 saturated heterocycles. The summed E-state index contributed by atoms with van der Waals surface area (Å²) in [5.74, 6) is 4.06. The van der Waals surface area contributed by atoms with E-state index >= 15 is 0 Å². The summed E-state index contributed by atoms with van der Waals surface area (Å²) in [5, 5.41) is 6.81. The quantitative estimate of drug-likeness (QED) is 0.655. The van der Waals surface area contributed by atoms with Crippen molar-refractivity contribution in [3.05, 3.63) is 59.5 Å². The van der Waals surface area contributed by atoms with Crippen LogP contribution in [0.1, 0.15) is 42.4 Å². The molecule has 3 rings (SSSR count). The molecule has 0 spiro atoms. The van der Waals surface area contributed by atoms with Crippen molar-refractivity contribution in [2.24, 2.45) is 10.9 Å². The fraction of sp³-hybridized carbons (Fsp3) is 0.421. The molecule has 23 heavy (non-hydrogen) atoms. The number of nitrogens with zero attached hydrogens (tertiary/aromatic N) is 1. The summed E-state index contributed by atoms with van der Waals surface area (Å²) in [5.41, 5.74) is 1.45. The van der Waals surface area contributed by atoms with Gasteiger partial charge in [-0.05, 0) is 49.8 Å². The molecular formula is C19H25N3O. The van der Waals surface area contributed by atoms with E-state index in [1.807, 2.05) is 19.1 Å². The minimum Gasteiger partial charge on any atom is -0.464 e. The summed E-state index contributed by atoms with van der Waals surface area (Å²) in [6, 6.07) is 14.8. The first-order valence-corrected chi connectivity index (χ1v) is 8.26. The first-order valence-electron chi connectivity index (χ1n) is 8.26. The minimum absolute atomic E-state index is 0.0963. The number of benzene rings is 1. The average molecular weight is 311 g/mol. The van der Waals surface area contributed by atoms with Crippen LogP contribution >= 0.6 is 0 Å². The number of hydrogen-bond acceptors (Lipinski definition) is 2. The first kappa shape index (κ1) is 15.7. The minimum atomic E-state index is 0.0963. The predicted octanol–water partition coefficient (Wildman–Crippen LogP) is 3.62. The standard InChI is InChI=1S/C19H25N3O/c1-13-9-10-18(23-13)14(2)22-19(20-3)21-12-16-11-17(16)15-7-5-4-6-8-15/h4-10,14,16-17H,11-12H2,1-3H3,(H2,20,21,22). The highest BCUT2D eigenvalue weighted by Crippen LogP contribution is 2.46. The molecule has 3 atom stereocenters. The highest BCUT2D eigenvalue weighted by molar-refractivity contribution is 5.80. The van der Waals surface area contributed by atoms with E-state index in [9.17, 15) is 0 Å². The highest BCUT2D eigenvalue weighted by atomic mass is 16.3.